The third-order valence-electron chi connectivity index (χ3n) is 2.30. The summed E-state index contributed by atoms with van der Waals surface area (Å²) in [5, 5.41) is 28.0. The summed E-state index contributed by atoms with van der Waals surface area (Å²) in [7, 11) is -1.28. The van der Waals surface area contributed by atoms with Crippen LogP contribution < -0.4 is 9.31 Å². The van der Waals surface area contributed by atoms with E-state index in [9.17, 15) is 10.2 Å². The Balaban J connectivity index is 2.12. The number of rotatable bonds is 4. The van der Waals surface area contributed by atoms with Gasteiger partial charge in [0.15, 0.2) is 11.5 Å². The number of aromatic hydroxyl groups is 2. The smallest absolute Gasteiger partial charge is 0.511 e. The fourth-order valence-electron chi connectivity index (χ4n) is 1.42. The van der Waals surface area contributed by atoms with Crippen molar-refractivity contribution >= 4 is 7.12 Å². The fourth-order valence-corrected chi connectivity index (χ4v) is 1.42. The Hall–Kier alpha value is -2.81. The number of nitrogens with zero attached hydrogens (tertiary/aromatic N) is 1. The highest BCUT2D eigenvalue weighted by molar-refractivity contribution is 6.55. The molecule has 0 amide bonds. The van der Waals surface area contributed by atoms with Crippen molar-refractivity contribution in [1.29, 1.82) is 5.26 Å². The first kappa shape index (κ1) is 12.6. The molecule has 2 rings (SSSR count). The first-order valence-electron chi connectivity index (χ1n) is 5.49. The second kappa shape index (κ2) is 5.69. The van der Waals surface area contributed by atoms with Crippen LogP contribution in [0.4, 0.5) is 0 Å². The molecule has 2 aromatic rings. The number of benzene rings is 2. The minimum atomic E-state index is -1.28. The molecule has 2 aromatic carbocycles. The molecule has 0 bridgehead atoms. The van der Waals surface area contributed by atoms with Gasteiger partial charge in [0.2, 0.25) is 0 Å². The van der Waals surface area contributed by atoms with Crippen molar-refractivity contribution < 1.29 is 19.5 Å². The second-order valence-electron chi connectivity index (χ2n) is 3.63. The number of hydrogen-bond donors (Lipinski definition) is 2. The van der Waals surface area contributed by atoms with Gasteiger partial charge in [-0.15, -0.1) is 0 Å². The van der Waals surface area contributed by atoms with Crippen LogP contribution in [0.15, 0.2) is 48.5 Å². The van der Waals surface area contributed by atoms with Crippen molar-refractivity contribution in [3.63, 3.8) is 0 Å². The van der Waals surface area contributed by atoms with E-state index in [4.69, 9.17) is 14.6 Å². The van der Waals surface area contributed by atoms with Crippen LogP contribution in [0.2, 0.25) is 0 Å². The van der Waals surface area contributed by atoms with Crippen molar-refractivity contribution in [1.82, 2.24) is 0 Å². The van der Waals surface area contributed by atoms with Crippen LogP contribution in [0.1, 0.15) is 0 Å². The van der Waals surface area contributed by atoms with Gasteiger partial charge < -0.3 is 19.5 Å². The summed E-state index contributed by atoms with van der Waals surface area (Å²) < 4.78 is 10.4. The van der Waals surface area contributed by atoms with Gasteiger partial charge in [-0.25, -0.2) is 5.26 Å². The van der Waals surface area contributed by atoms with E-state index in [1.165, 1.54) is 24.3 Å². The lowest BCUT2D eigenvalue weighted by molar-refractivity contribution is 0.387. The van der Waals surface area contributed by atoms with Crippen LogP contribution in [-0.2, 0) is 0 Å². The number of phenolic OH excluding ortho intramolecular Hbond substituents is 2. The first-order valence-corrected chi connectivity index (χ1v) is 5.49. The molecule has 0 saturated carbocycles. The van der Waals surface area contributed by atoms with Crippen molar-refractivity contribution in [2.75, 3.05) is 0 Å². The molecule has 19 heavy (non-hydrogen) atoms. The van der Waals surface area contributed by atoms with Crippen LogP contribution >= 0.6 is 0 Å². The molecule has 0 heterocycles. The normalized spacial score (nSPS) is 9.42. The Kier molecular flexibility index (Phi) is 3.79. The quantitative estimate of drug-likeness (QED) is 0.817. The van der Waals surface area contributed by atoms with Crippen molar-refractivity contribution in [2.45, 2.75) is 0 Å². The van der Waals surface area contributed by atoms with E-state index in [1.54, 1.807) is 30.2 Å². The average Bonchev–Trinajstić information content (AvgIpc) is 2.42. The van der Waals surface area contributed by atoms with Crippen LogP contribution in [0.25, 0.3) is 0 Å². The summed E-state index contributed by atoms with van der Waals surface area (Å²) in [4.78, 5) is 0. The fraction of sp³-hybridized carbons (Fsp3) is 0. The zero-order chi connectivity index (χ0) is 13.7. The second-order valence-corrected chi connectivity index (χ2v) is 3.63. The molecule has 2 N–H and O–H groups in total. The molecule has 0 aliphatic rings. The maximum Gasteiger partial charge on any atom is 0.718 e. The van der Waals surface area contributed by atoms with E-state index in [2.05, 4.69) is 0 Å². The largest absolute Gasteiger partial charge is 0.718 e. The highest BCUT2D eigenvalue weighted by Crippen LogP contribution is 2.28. The first-order chi connectivity index (χ1) is 9.20. The molecule has 0 aliphatic carbocycles. The van der Waals surface area contributed by atoms with Gasteiger partial charge in [-0.2, -0.15) is 0 Å². The maximum absolute atomic E-state index is 9.54. The van der Waals surface area contributed by atoms with Crippen molar-refractivity contribution in [3.05, 3.63) is 48.5 Å². The number of hydrogen-bond acceptors (Lipinski definition) is 5. The Morgan fingerprint density at radius 1 is 0.842 bits per heavy atom. The maximum atomic E-state index is 9.54. The molecule has 0 aromatic heterocycles. The van der Waals surface area contributed by atoms with Crippen LogP contribution in [0, 0.1) is 11.2 Å². The Labute approximate surface area is 110 Å². The summed E-state index contributed by atoms with van der Waals surface area (Å²) >= 11 is 0. The van der Waals surface area contributed by atoms with Gasteiger partial charge in [0.1, 0.15) is 17.5 Å². The summed E-state index contributed by atoms with van der Waals surface area (Å²) in [5.41, 5.74) is 0. The van der Waals surface area contributed by atoms with Gasteiger partial charge >= 0.3 is 7.12 Å². The van der Waals surface area contributed by atoms with Crippen LogP contribution in [0.3, 0.4) is 0 Å². The molecule has 0 atom stereocenters. The van der Waals surface area contributed by atoms with Gasteiger partial charge in [-0.05, 0) is 24.3 Å². The topological polar surface area (TPSA) is 82.7 Å². The Morgan fingerprint density at radius 3 is 1.63 bits per heavy atom. The molecular formula is C13H10BNO4. The van der Waals surface area contributed by atoms with Gasteiger partial charge in [0, 0.05) is 0 Å². The molecule has 6 heteroatoms. The zero-order valence-corrected chi connectivity index (χ0v) is 9.85. The molecule has 0 radical (unpaired) electrons. The highest BCUT2D eigenvalue weighted by atomic mass is 16.6. The number of nitriles is 1. The Morgan fingerprint density at radius 2 is 1.26 bits per heavy atom. The molecule has 94 valence electrons. The standard InChI is InChI=1S/C13H10BNO4/c15-9-14(18-12-7-3-1-5-10(12)16)19-13-8-4-2-6-11(13)17/h1-8,16-17H. The summed E-state index contributed by atoms with van der Waals surface area (Å²) in [5.74, 6) is 1.86. The number of para-hydroxylation sites is 4. The zero-order valence-electron chi connectivity index (χ0n) is 9.85. The van der Waals surface area contributed by atoms with Crippen molar-refractivity contribution in [3.8, 4) is 29.0 Å². The van der Waals surface area contributed by atoms with Crippen LogP contribution in [-0.4, -0.2) is 17.3 Å². The van der Waals surface area contributed by atoms with Gasteiger partial charge in [-0.1, -0.05) is 24.3 Å². The monoisotopic (exact) mass is 255 g/mol. The molecule has 0 saturated heterocycles. The summed E-state index contributed by atoms with van der Waals surface area (Å²) in [6.45, 7) is 0. The van der Waals surface area contributed by atoms with Crippen molar-refractivity contribution in [2.24, 2.45) is 0 Å². The summed E-state index contributed by atoms with van der Waals surface area (Å²) in [6, 6.07) is 12.5. The lowest BCUT2D eigenvalue weighted by atomic mass is 9.93. The molecule has 0 unspecified atom stereocenters. The average molecular weight is 255 g/mol. The van der Waals surface area contributed by atoms with E-state index < -0.39 is 7.12 Å². The lowest BCUT2D eigenvalue weighted by Crippen LogP contribution is -2.28. The molecule has 0 aliphatic heterocycles. The highest BCUT2D eigenvalue weighted by Gasteiger charge is 2.25. The van der Waals surface area contributed by atoms with E-state index >= 15 is 0 Å². The predicted octanol–water partition coefficient (Wildman–Crippen LogP) is 2.11. The minimum absolute atomic E-state index is 0.0939. The molecule has 5 nitrogen and oxygen atoms in total. The SMILES string of the molecule is N#CB(Oc1ccccc1O)Oc1ccccc1O. The summed E-state index contributed by atoms with van der Waals surface area (Å²) in [6.07, 6.45) is 0. The molecular weight excluding hydrogens is 245 g/mol. The Bertz CT molecular complexity index is 564. The van der Waals surface area contributed by atoms with E-state index in [1.807, 2.05) is 0 Å². The van der Waals surface area contributed by atoms with Gasteiger partial charge in [0.25, 0.3) is 0 Å². The predicted molar refractivity (Wildman–Crippen MR) is 68.8 cm³/mol. The number of phenols is 2. The van der Waals surface area contributed by atoms with E-state index in [-0.39, 0.29) is 23.0 Å². The van der Waals surface area contributed by atoms with E-state index in [0.29, 0.717) is 0 Å². The lowest BCUT2D eigenvalue weighted by Gasteiger charge is -2.12. The molecule has 0 fully saturated rings. The van der Waals surface area contributed by atoms with Crippen LogP contribution in [0.5, 0.6) is 23.0 Å². The molecule has 0 spiro atoms. The minimum Gasteiger partial charge on any atom is -0.511 e. The van der Waals surface area contributed by atoms with Gasteiger partial charge in [-0.3, -0.25) is 0 Å². The van der Waals surface area contributed by atoms with E-state index in [0.717, 1.165) is 0 Å². The third kappa shape index (κ3) is 3.10. The third-order valence-corrected chi connectivity index (χ3v) is 2.30. The van der Waals surface area contributed by atoms with Gasteiger partial charge in [0.05, 0.1) is 0 Å².